The van der Waals surface area contributed by atoms with Gasteiger partial charge in [-0.25, -0.2) is 4.99 Å². The Kier molecular flexibility index (Phi) is 4.61. The molecule has 0 heterocycles. The number of para-hydroxylation sites is 1. The topological polar surface area (TPSA) is 12.4 Å². The molecule has 0 spiro atoms. The average Bonchev–Trinajstić information content (AvgIpc) is 2.16. The van der Waals surface area contributed by atoms with Crippen molar-refractivity contribution in [2.75, 3.05) is 6.26 Å². The molecule has 0 bridgehead atoms. The minimum absolute atomic E-state index is 1.05. The van der Waals surface area contributed by atoms with E-state index in [1.165, 1.54) is 11.1 Å². The Hall–Kier alpha value is -0.543. The highest BCUT2D eigenvalue weighted by molar-refractivity contribution is 8.13. The minimum Gasteiger partial charge on any atom is -0.247 e. The molecular weight excluding hydrogens is 218 g/mol. The molecule has 0 atom stereocenters. The summed E-state index contributed by atoms with van der Waals surface area (Å²) in [6, 6.07) is 11.4. The maximum atomic E-state index is 4.68. The van der Waals surface area contributed by atoms with Gasteiger partial charge in [-0.05, 0) is 24.4 Å². The zero-order valence-electron chi connectivity index (χ0n) is 9.95. The number of rotatable bonds is 3. The molecule has 1 aromatic carbocycles. The summed E-state index contributed by atoms with van der Waals surface area (Å²) in [6.45, 7) is 7.14. The highest BCUT2D eigenvalue weighted by Crippen LogP contribution is 2.20. The van der Waals surface area contributed by atoms with E-state index < -0.39 is 8.07 Å². The Labute approximate surface area is 98.0 Å². The monoisotopic (exact) mass is 237 g/mol. The van der Waals surface area contributed by atoms with Crippen LogP contribution in [-0.4, -0.2) is 19.4 Å². The van der Waals surface area contributed by atoms with Crippen LogP contribution in [0.25, 0.3) is 0 Å². The van der Waals surface area contributed by atoms with E-state index in [9.17, 15) is 0 Å². The third kappa shape index (κ3) is 5.19. The predicted octanol–water partition coefficient (Wildman–Crippen LogP) is 4.42. The van der Waals surface area contributed by atoms with Crippen molar-refractivity contribution in [3.63, 3.8) is 0 Å². The van der Waals surface area contributed by atoms with Gasteiger partial charge in [-0.15, -0.1) is 11.8 Å². The van der Waals surface area contributed by atoms with Crippen molar-refractivity contribution in [3.8, 4) is 0 Å². The maximum absolute atomic E-state index is 4.68. The molecule has 0 N–H and O–H groups in total. The second-order valence-electron chi connectivity index (χ2n) is 4.78. The lowest BCUT2D eigenvalue weighted by molar-refractivity contribution is 1.49. The number of nitrogens with zero attached hydrogens (tertiary/aromatic N) is 1. The molecule has 0 aromatic heterocycles. The Morgan fingerprint density at radius 3 is 2.27 bits per heavy atom. The zero-order valence-corrected chi connectivity index (χ0v) is 11.8. The lowest BCUT2D eigenvalue weighted by Gasteiger charge is -2.15. The predicted molar refractivity (Wildman–Crippen MR) is 75.2 cm³/mol. The van der Waals surface area contributed by atoms with E-state index in [4.69, 9.17) is 0 Å². The van der Waals surface area contributed by atoms with Gasteiger partial charge in [-0.2, -0.15) is 0 Å². The number of hydrogen-bond donors (Lipinski definition) is 0. The fraction of sp³-hybridized carbons (Fsp3) is 0.417. The lowest BCUT2D eigenvalue weighted by atomic mass is 10.3. The van der Waals surface area contributed by atoms with Crippen molar-refractivity contribution >= 4 is 30.6 Å². The van der Waals surface area contributed by atoms with Gasteiger partial charge in [0, 0.05) is 0 Å². The van der Waals surface area contributed by atoms with Crippen LogP contribution in [0.4, 0.5) is 5.69 Å². The Morgan fingerprint density at radius 1 is 1.20 bits per heavy atom. The van der Waals surface area contributed by atoms with Gasteiger partial charge in [0.25, 0.3) is 0 Å². The molecule has 0 fully saturated rings. The first kappa shape index (κ1) is 12.5. The smallest absolute Gasteiger partial charge is 0.0709 e. The molecule has 3 heteroatoms. The first-order valence-electron chi connectivity index (χ1n) is 5.18. The third-order valence-electron chi connectivity index (χ3n) is 1.93. The molecule has 0 saturated heterocycles. The summed E-state index contributed by atoms with van der Waals surface area (Å²) in [4.78, 5) is 4.68. The summed E-state index contributed by atoms with van der Waals surface area (Å²) in [7, 11) is -1.05. The zero-order chi connectivity index (χ0) is 11.3. The largest absolute Gasteiger partial charge is 0.247 e. The van der Waals surface area contributed by atoms with Crippen molar-refractivity contribution in [2.45, 2.75) is 25.7 Å². The van der Waals surface area contributed by atoms with Crippen molar-refractivity contribution < 1.29 is 0 Å². The fourth-order valence-electron chi connectivity index (χ4n) is 1.26. The lowest BCUT2D eigenvalue weighted by Crippen LogP contribution is -2.22. The Bertz CT molecular complexity index is 327. The van der Waals surface area contributed by atoms with Gasteiger partial charge in [0.15, 0.2) is 0 Å². The molecule has 0 amide bonds. The third-order valence-corrected chi connectivity index (χ3v) is 4.29. The standard InChI is InChI=1S/C12H19NSSi/c1-14-12(10-15(2,3)4)13-11-8-6-5-7-9-11/h5-9H,10H2,1-4H3. The maximum Gasteiger partial charge on any atom is 0.0709 e. The van der Waals surface area contributed by atoms with E-state index >= 15 is 0 Å². The number of hydrogen-bond acceptors (Lipinski definition) is 2. The van der Waals surface area contributed by atoms with Crippen molar-refractivity contribution in [2.24, 2.45) is 4.99 Å². The van der Waals surface area contributed by atoms with Crippen molar-refractivity contribution in [1.29, 1.82) is 0 Å². The van der Waals surface area contributed by atoms with Gasteiger partial charge in [-0.3, -0.25) is 0 Å². The van der Waals surface area contributed by atoms with Crippen LogP contribution in [0.15, 0.2) is 35.3 Å². The molecule has 82 valence electrons. The first-order chi connectivity index (χ1) is 7.01. The number of thioether (sulfide) groups is 1. The van der Waals surface area contributed by atoms with Crippen molar-refractivity contribution in [1.82, 2.24) is 0 Å². The van der Waals surface area contributed by atoms with Crippen LogP contribution in [0.5, 0.6) is 0 Å². The Balaban J connectivity index is 2.79. The van der Waals surface area contributed by atoms with Crippen LogP contribution in [0, 0.1) is 0 Å². The molecule has 1 nitrogen and oxygen atoms in total. The van der Waals surface area contributed by atoms with Gasteiger partial charge in [-0.1, -0.05) is 37.8 Å². The first-order valence-corrected chi connectivity index (χ1v) is 10.1. The van der Waals surface area contributed by atoms with Crippen molar-refractivity contribution in [3.05, 3.63) is 30.3 Å². The molecule has 1 rings (SSSR count). The van der Waals surface area contributed by atoms with Crippen LogP contribution < -0.4 is 0 Å². The van der Waals surface area contributed by atoms with Crippen LogP contribution in [-0.2, 0) is 0 Å². The molecule has 0 aliphatic carbocycles. The average molecular weight is 237 g/mol. The van der Waals surface area contributed by atoms with Gasteiger partial charge in [0.05, 0.1) is 18.8 Å². The van der Waals surface area contributed by atoms with Gasteiger partial charge < -0.3 is 0 Å². The van der Waals surface area contributed by atoms with Gasteiger partial charge in [0.2, 0.25) is 0 Å². The van der Waals surface area contributed by atoms with E-state index in [2.05, 4.69) is 43.0 Å². The second-order valence-corrected chi connectivity index (χ2v) is 11.1. The normalized spacial score (nSPS) is 12.9. The summed E-state index contributed by atoms with van der Waals surface area (Å²) >= 11 is 1.78. The summed E-state index contributed by atoms with van der Waals surface area (Å²) in [5.74, 6) is 0. The van der Waals surface area contributed by atoms with Gasteiger partial charge in [0.1, 0.15) is 0 Å². The van der Waals surface area contributed by atoms with Crippen LogP contribution in [0.3, 0.4) is 0 Å². The molecule has 0 aliphatic heterocycles. The summed E-state index contributed by atoms with van der Waals surface area (Å²) in [6.07, 6.45) is 2.11. The summed E-state index contributed by atoms with van der Waals surface area (Å²) < 4.78 is 0. The molecule has 0 unspecified atom stereocenters. The fourth-order valence-corrected chi connectivity index (χ4v) is 4.32. The molecule has 15 heavy (non-hydrogen) atoms. The quantitative estimate of drug-likeness (QED) is 0.431. The van der Waals surface area contributed by atoms with Crippen LogP contribution in [0.2, 0.25) is 25.7 Å². The molecular formula is C12H19NSSi. The molecule has 0 radical (unpaired) electrons. The number of benzene rings is 1. The molecule has 1 aromatic rings. The molecule has 0 saturated carbocycles. The van der Waals surface area contributed by atoms with E-state index in [0.717, 1.165) is 5.69 Å². The summed E-state index contributed by atoms with van der Waals surface area (Å²) in [5, 5.41) is 1.26. The van der Waals surface area contributed by atoms with E-state index in [1.807, 2.05) is 18.2 Å². The van der Waals surface area contributed by atoms with E-state index in [0.29, 0.717) is 0 Å². The van der Waals surface area contributed by atoms with E-state index in [-0.39, 0.29) is 0 Å². The SMILES string of the molecule is CSC(C[Si](C)(C)C)=Nc1ccccc1. The molecule has 0 aliphatic rings. The highest BCUT2D eigenvalue weighted by Gasteiger charge is 2.16. The number of aliphatic imine (C=N–C) groups is 1. The highest BCUT2D eigenvalue weighted by atomic mass is 32.2. The van der Waals surface area contributed by atoms with Crippen LogP contribution in [0.1, 0.15) is 0 Å². The second kappa shape index (κ2) is 5.52. The minimum atomic E-state index is -1.05. The van der Waals surface area contributed by atoms with Gasteiger partial charge >= 0.3 is 0 Å². The Morgan fingerprint density at radius 2 is 1.80 bits per heavy atom. The van der Waals surface area contributed by atoms with E-state index in [1.54, 1.807) is 11.8 Å². The van der Waals surface area contributed by atoms with Crippen LogP contribution >= 0.6 is 11.8 Å². The summed E-state index contributed by atoms with van der Waals surface area (Å²) in [5.41, 5.74) is 1.07.